The van der Waals surface area contributed by atoms with E-state index in [1.807, 2.05) is 38.1 Å². The molecular formula is C22H39NO2SY. The van der Waals surface area contributed by atoms with Crippen molar-refractivity contribution >= 4 is 10.0 Å². The van der Waals surface area contributed by atoms with E-state index >= 15 is 0 Å². The standard InChI is InChI=1S/C10H15NO2S.C9H12.3CH4.Y/c1-9(2)11-14(12,13)8-10-6-4-3-5-7-10;1-8(2)9-6-4-3-5-7-9;;;;/h3-7,9,11H,8H2,1-2H3;3-8H,1-2H3;3*1H4;. The Kier molecular flexibility index (Phi) is 22.1. The zero-order chi connectivity index (χ0) is 17.3. The fourth-order valence-electron chi connectivity index (χ4n) is 2.03. The van der Waals surface area contributed by atoms with Crippen molar-refractivity contribution in [3.05, 3.63) is 71.8 Å². The molecule has 5 heteroatoms. The zero-order valence-corrected chi connectivity index (χ0v) is 18.6. The average Bonchev–Trinajstić information content (AvgIpc) is 2.48. The van der Waals surface area contributed by atoms with Crippen LogP contribution in [0.5, 0.6) is 0 Å². The van der Waals surface area contributed by atoms with Gasteiger partial charge >= 0.3 is 0 Å². The van der Waals surface area contributed by atoms with Gasteiger partial charge in [0.1, 0.15) is 0 Å². The molecule has 0 spiro atoms. The van der Waals surface area contributed by atoms with Gasteiger partial charge in [0, 0.05) is 38.8 Å². The van der Waals surface area contributed by atoms with Crippen LogP contribution in [0.25, 0.3) is 0 Å². The maximum atomic E-state index is 11.5. The number of hydrogen-bond donors (Lipinski definition) is 1. The summed E-state index contributed by atoms with van der Waals surface area (Å²) in [5.74, 6) is 0.706. The first-order chi connectivity index (χ1) is 10.8. The van der Waals surface area contributed by atoms with Gasteiger partial charge in [0.25, 0.3) is 0 Å². The van der Waals surface area contributed by atoms with Crippen LogP contribution in [0.4, 0.5) is 0 Å². The predicted octanol–water partition coefficient (Wildman–Crippen LogP) is 6.23. The zero-order valence-electron chi connectivity index (χ0n) is 14.9. The van der Waals surface area contributed by atoms with Crippen molar-refractivity contribution in [2.75, 3.05) is 0 Å². The summed E-state index contributed by atoms with van der Waals surface area (Å²) in [6.45, 7) is 8.02. The second-order valence-corrected chi connectivity index (χ2v) is 7.84. The first-order valence-corrected chi connectivity index (χ1v) is 9.54. The molecule has 0 aromatic heterocycles. The molecule has 27 heavy (non-hydrogen) atoms. The molecule has 0 saturated carbocycles. The predicted molar refractivity (Wildman–Crippen MR) is 118 cm³/mol. The molecule has 0 aliphatic heterocycles. The number of nitrogens with one attached hydrogen (secondary N) is 1. The molecule has 2 rings (SSSR count). The quantitative estimate of drug-likeness (QED) is 0.563. The molecule has 153 valence electrons. The normalized spacial score (nSPS) is 9.56. The van der Waals surface area contributed by atoms with E-state index in [-0.39, 0.29) is 66.8 Å². The van der Waals surface area contributed by atoms with Crippen LogP contribution in [0.3, 0.4) is 0 Å². The van der Waals surface area contributed by atoms with Gasteiger partial charge in [-0.1, -0.05) is 96.8 Å². The van der Waals surface area contributed by atoms with Crippen molar-refractivity contribution in [2.24, 2.45) is 0 Å². The minimum atomic E-state index is -3.18. The van der Waals surface area contributed by atoms with Crippen molar-refractivity contribution in [3.63, 3.8) is 0 Å². The molecule has 3 nitrogen and oxygen atoms in total. The number of sulfonamides is 1. The van der Waals surface area contributed by atoms with E-state index < -0.39 is 10.0 Å². The third-order valence-electron chi connectivity index (χ3n) is 3.08. The fourth-order valence-corrected chi connectivity index (χ4v) is 3.47. The molecule has 1 radical (unpaired) electrons. The molecule has 0 fully saturated rings. The first-order valence-electron chi connectivity index (χ1n) is 7.89. The SMILES string of the molecule is C.C.C.CC(C)NS(=O)(=O)Cc1ccccc1.CC(C)c1ccccc1.[Y]. The van der Waals surface area contributed by atoms with Gasteiger partial charge in [-0.05, 0) is 30.9 Å². The van der Waals surface area contributed by atoms with E-state index in [0.717, 1.165) is 5.56 Å². The second-order valence-electron chi connectivity index (χ2n) is 6.08. The molecule has 2 aromatic rings. The van der Waals surface area contributed by atoms with Crippen molar-refractivity contribution in [3.8, 4) is 0 Å². The molecule has 0 heterocycles. The van der Waals surface area contributed by atoms with E-state index in [4.69, 9.17) is 0 Å². The average molecular weight is 471 g/mol. The van der Waals surface area contributed by atoms with Gasteiger partial charge in [0.15, 0.2) is 0 Å². The monoisotopic (exact) mass is 470 g/mol. The summed E-state index contributed by atoms with van der Waals surface area (Å²) in [5.41, 5.74) is 2.22. The van der Waals surface area contributed by atoms with Crippen LogP contribution in [-0.4, -0.2) is 14.5 Å². The van der Waals surface area contributed by atoms with Crippen molar-refractivity contribution in [1.82, 2.24) is 4.72 Å². The Hall–Kier alpha value is -0.546. The van der Waals surface area contributed by atoms with Crippen molar-refractivity contribution in [2.45, 2.75) is 67.7 Å². The molecular weight excluding hydrogens is 431 g/mol. The van der Waals surface area contributed by atoms with E-state index in [1.165, 1.54) is 5.56 Å². The Morgan fingerprint density at radius 1 is 0.778 bits per heavy atom. The largest absolute Gasteiger partial charge is 0.216 e. The molecule has 0 bridgehead atoms. The molecule has 0 unspecified atom stereocenters. The van der Waals surface area contributed by atoms with Gasteiger partial charge < -0.3 is 0 Å². The van der Waals surface area contributed by atoms with Crippen LogP contribution in [0.1, 0.15) is 67.0 Å². The smallest absolute Gasteiger partial charge is 0.212 e. The minimum Gasteiger partial charge on any atom is -0.212 e. The van der Waals surface area contributed by atoms with E-state index in [1.54, 1.807) is 12.1 Å². The topological polar surface area (TPSA) is 46.2 Å². The van der Waals surface area contributed by atoms with Crippen LogP contribution in [0.2, 0.25) is 0 Å². The molecule has 1 N–H and O–H groups in total. The molecule has 0 saturated heterocycles. The summed E-state index contributed by atoms with van der Waals surface area (Å²) < 4.78 is 25.5. The number of rotatable bonds is 5. The maximum Gasteiger partial charge on any atom is 0.216 e. The second kappa shape index (κ2) is 17.5. The van der Waals surface area contributed by atoms with Gasteiger partial charge in [-0.2, -0.15) is 0 Å². The molecule has 0 aliphatic rings. The molecule has 2 aromatic carbocycles. The van der Waals surface area contributed by atoms with Gasteiger partial charge in [-0.3, -0.25) is 0 Å². The van der Waals surface area contributed by atoms with Crippen LogP contribution < -0.4 is 4.72 Å². The Bertz CT molecular complexity index is 657. The minimum absolute atomic E-state index is 0. The summed E-state index contributed by atoms with van der Waals surface area (Å²) in [6.07, 6.45) is 0. The van der Waals surface area contributed by atoms with Gasteiger partial charge in [-0.15, -0.1) is 0 Å². The molecule has 0 atom stereocenters. The van der Waals surface area contributed by atoms with Crippen molar-refractivity contribution in [1.29, 1.82) is 0 Å². The van der Waals surface area contributed by atoms with E-state index in [9.17, 15) is 8.42 Å². The first kappa shape index (κ1) is 34.0. The third-order valence-corrected chi connectivity index (χ3v) is 4.62. The van der Waals surface area contributed by atoms with Gasteiger partial charge in [0.05, 0.1) is 5.75 Å². The van der Waals surface area contributed by atoms with Gasteiger partial charge in [-0.25, -0.2) is 13.1 Å². The Morgan fingerprint density at radius 2 is 1.19 bits per heavy atom. The summed E-state index contributed by atoms with van der Waals surface area (Å²) in [4.78, 5) is 0. The fraction of sp³-hybridized carbons (Fsp3) is 0.455. The Balaban J connectivity index is -0.000000181. The molecule has 0 amide bonds. The van der Waals surface area contributed by atoms with Crippen molar-refractivity contribution < 1.29 is 41.1 Å². The van der Waals surface area contributed by atoms with Crippen LogP contribution in [0, 0.1) is 0 Å². The van der Waals surface area contributed by atoms with Crippen LogP contribution in [0.15, 0.2) is 60.7 Å². The van der Waals surface area contributed by atoms with Gasteiger partial charge in [0.2, 0.25) is 10.0 Å². The van der Waals surface area contributed by atoms with E-state index in [0.29, 0.717) is 5.92 Å². The summed E-state index contributed by atoms with van der Waals surface area (Å²) in [5, 5.41) is 0. The summed E-state index contributed by atoms with van der Waals surface area (Å²) in [6, 6.07) is 19.6. The summed E-state index contributed by atoms with van der Waals surface area (Å²) in [7, 11) is -3.18. The Morgan fingerprint density at radius 3 is 1.52 bits per heavy atom. The third kappa shape index (κ3) is 16.1. The van der Waals surface area contributed by atoms with Crippen LogP contribution >= 0.6 is 0 Å². The number of benzene rings is 2. The molecule has 0 aliphatic carbocycles. The number of hydrogen-bond acceptors (Lipinski definition) is 2. The van der Waals surface area contributed by atoms with Crippen LogP contribution in [-0.2, 0) is 48.5 Å². The summed E-state index contributed by atoms with van der Waals surface area (Å²) >= 11 is 0. The van der Waals surface area contributed by atoms with E-state index in [2.05, 4.69) is 42.8 Å². The maximum absolute atomic E-state index is 11.5. The Labute approximate surface area is 194 Å².